The average molecular weight is 488 g/mol. The molecule has 3 unspecified atom stereocenters. The minimum Gasteiger partial charge on any atom is -0.490 e. The first-order valence-electron chi connectivity index (χ1n) is 11.9. The van der Waals surface area contributed by atoms with Crippen LogP contribution < -0.4 is 10.1 Å². The van der Waals surface area contributed by atoms with Gasteiger partial charge in [-0.1, -0.05) is 49.6 Å². The number of esters is 1. The molecule has 35 heavy (non-hydrogen) atoms. The lowest BCUT2D eigenvalue weighted by molar-refractivity contribution is -0.174. The smallest absolute Gasteiger partial charge is 0.336 e. The zero-order valence-corrected chi connectivity index (χ0v) is 19.8. The van der Waals surface area contributed by atoms with Crippen molar-refractivity contribution in [3.05, 3.63) is 42.5 Å². The molecule has 1 aliphatic rings. The number of carbonyl (C=O) groups excluding carboxylic acids is 1. The standard InChI is InChI=1S/C26H33NO8/c1-27-22(35-24(30)16-26(33,25(31)32)15-23(28)29)14-21(18-8-3-2-4-9-18)34-20-12-11-17-7-5-6-10-19(17)13-20/h5-7,10-13,18,21-22,27,33H,2-4,8-9,14-16H2,1H3,(H,28,29)(H,31,32). The normalized spacial score (nSPS) is 17.8. The fourth-order valence-corrected chi connectivity index (χ4v) is 4.60. The largest absolute Gasteiger partial charge is 0.490 e. The fourth-order valence-electron chi connectivity index (χ4n) is 4.60. The maximum Gasteiger partial charge on any atom is 0.336 e. The van der Waals surface area contributed by atoms with Crippen molar-refractivity contribution in [3.8, 4) is 5.75 Å². The highest BCUT2D eigenvalue weighted by Gasteiger charge is 2.42. The molecule has 2 aromatic rings. The molecule has 0 radical (unpaired) electrons. The highest BCUT2D eigenvalue weighted by molar-refractivity contribution is 5.88. The highest BCUT2D eigenvalue weighted by Crippen LogP contribution is 2.32. The molecule has 0 aliphatic heterocycles. The topological polar surface area (TPSA) is 142 Å². The Morgan fingerprint density at radius 3 is 2.34 bits per heavy atom. The first kappa shape index (κ1) is 26.4. The molecule has 0 saturated heterocycles. The second-order valence-electron chi connectivity index (χ2n) is 9.15. The second-order valence-corrected chi connectivity index (χ2v) is 9.15. The molecule has 190 valence electrons. The van der Waals surface area contributed by atoms with E-state index in [2.05, 4.69) is 5.32 Å². The van der Waals surface area contributed by atoms with Gasteiger partial charge in [0, 0.05) is 6.42 Å². The summed E-state index contributed by atoms with van der Waals surface area (Å²) in [7, 11) is 1.60. The SMILES string of the molecule is CNC(CC(Oc1ccc2ccccc2c1)C1CCCCC1)OC(=O)CC(O)(CC(=O)O)C(=O)O. The van der Waals surface area contributed by atoms with E-state index in [0.717, 1.165) is 36.5 Å². The van der Waals surface area contributed by atoms with Gasteiger partial charge in [-0.3, -0.25) is 14.9 Å². The first-order chi connectivity index (χ1) is 16.7. The molecule has 9 nitrogen and oxygen atoms in total. The molecule has 1 fully saturated rings. The lowest BCUT2D eigenvalue weighted by atomic mass is 9.83. The second kappa shape index (κ2) is 12.0. The van der Waals surface area contributed by atoms with E-state index in [1.54, 1.807) is 7.05 Å². The van der Waals surface area contributed by atoms with Crippen LogP contribution in [0.15, 0.2) is 42.5 Å². The maximum absolute atomic E-state index is 12.5. The third-order valence-electron chi connectivity index (χ3n) is 6.50. The van der Waals surface area contributed by atoms with Crippen molar-refractivity contribution >= 4 is 28.7 Å². The Bertz CT molecular complexity index is 1030. The van der Waals surface area contributed by atoms with E-state index >= 15 is 0 Å². The molecule has 4 N–H and O–H groups in total. The molecule has 0 heterocycles. The Balaban J connectivity index is 1.72. The van der Waals surface area contributed by atoms with Gasteiger partial charge in [-0.05, 0) is 48.7 Å². The number of carboxylic acids is 2. The van der Waals surface area contributed by atoms with E-state index in [1.807, 2.05) is 42.5 Å². The van der Waals surface area contributed by atoms with Crippen LogP contribution in [0.2, 0.25) is 0 Å². The minimum atomic E-state index is -2.74. The Kier molecular flexibility index (Phi) is 9.06. The number of hydrogen-bond acceptors (Lipinski definition) is 7. The zero-order valence-electron chi connectivity index (χ0n) is 19.8. The monoisotopic (exact) mass is 487 g/mol. The predicted molar refractivity (Wildman–Crippen MR) is 128 cm³/mol. The van der Waals surface area contributed by atoms with E-state index < -0.39 is 42.6 Å². The minimum absolute atomic E-state index is 0.257. The van der Waals surface area contributed by atoms with Gasteiger partial charge in [0.1, 0.15) is 11.9 Å². The van der Waals surface area contributed by atoms with Gasteiger partial charge in [0.15, 0.2) is 11.8 Å². The quantitative estimate of drug-likeness (QED) is 0.262. The average Bonchev–Trinajstić information content (AvgIpc) is 2.82. The number of ether oxygens (including phenoxy) is 2. The van der Waals surface area contributed by atoms with Crippen LogP contribution >= 0.6 is 0 Å². The molecule has 1 saturated carbocycles. The van der Waals surface area contributed by atoms with Crippen molar-refractivity contribution < 1.29 is 39.2 Å². The van der Waals surface area contributed by atoms with Gasteiger partial charge in [0.25, 0.3) is 0 Å². The summed E-state index contributed by atoms with van der Waals surface area (Å²) in [5.41, 5.74) is -2.74. The zero-order chi connectivity index (χ0) is 25.4. The van der Waals surface area contributed by atoms with Gasteiger partial charge in [-0.25, -0.2) is 4.79 Å². The third kappa shape index (κ3) is 7.40. The molecule has 0 spiro atoms. The van der Waals surface area contributed by atoms with Gasteiger partial charge in [-0.2, -0.15) is 0 Å². The molecule has 0 bridgehead atoms. The van der Waals surface area contributed by atoms with Crippen molar-refractivity contribution in [3.63, 3.8) is 0 Å². The van der Waals surface area contributed by atoms with Crippen molar-refractivity contribution in [2.75, 3.05) is 7.05 Å². The van der Waals surface area contributed by atoms with Crippen LogP contribution in [0, 0.1) is 5.92 Å². The van der Waals surface area contributed by atoms with Gasteiger partial charge in [-0.15, -0.1) is 0 Å². The Morgan fingerprint density at radius 1 is 1.03 bits per heavy atom. The summed E-state index contributed by atoms with van der Waals surface area (Å²) in [5, 5.41) is 33.3. The number of fused-ring (bicyclic) bond motifs is 1. The lowest BCUT2D eigenvalue weighted by Crippen LogP contribution is -2.45. The van der Waals surface area contributed by atoms with E-state index in [4.69, 9.17) is 14.6 Å². The summed E-state index contributed by atoms with van der Waals surface area (Å²) in [5.74, 6) is -3.37. The van der Waals surface area contributed by atoms with E-state index in [0.29, 0.717) is 12.2 Å². The van der Waals surface area contributed by atoms with Gasteiger partial charge in [0.05, 0.1) is 12.8 Å². The number of aliphatic hydroxyl groups is 1. The highest BCUT2D eigenvalue weighted by atomic mass is 16.6. The molecular formula is C26H33NO8. The van der Waals surface area contributed by atoms with Crippen LogP contribution in [-0.4, -0.2) is 58.2 Å². The van der Waals surface area contributed by atoms with Gasteiger partial charge < -0.3 is 24.8 Å². The van der Waals surface area contributed by atoms with Crippen LogP contribution in [0.4, 0.5) is 0 Å². The Morgan fingerprint density at radius 2 is 1.71 bits per heavy atom. The Hall–Kier alpha value is -3.17. The molecule has 1 aliphatic carbocycles. The number of nitrogens with one attached hydrogen (secondary N) is 1. The van der Waals surface area contributed by atoms with Crippen molar-refractivity contribution in [1.82, 2.24) is 5.32 Å². The molecule has 9 heteroatoms. The molecule has 0 amide bonds. The number of carbonyl (C=O) groups is 3. The number of hydrogen-bond donors (Lipinski definition) is 4. The number of rotatable bonds is 12. The summed E-state index contributed by atoms with van der Waals surface area (Å²) in [6.45, 7) is 0. The summed E-state index contributed by atoms with van der Waals surface area (Å²) in [4.78, 5) is 34.8. The maximum atomic E-state index is 12.5. The van der Waals surface area contributed by atoms with Crippen LogP contribution in [0.5, 0.6) is 5.75 Å². The van der Waals surface area contributed by atoms with Crippen LogP contribution in [0.1, 0.15) is 51.4 Å². The van der Waals surface area contributed by atoms with Crippen LogP contribution in [0.3, 0.4) is 0 Å². The van der Waals surface area contributed by atoms with Gasteiger partial charge in [0.2, 0.25) is 0 Å². The molecule has 3 atom stereocenters. The molecular weight excluding hydrogens is 454 g/mol. The molecule has 2 aromatic carbocycles. The van der Waals surface area contributed by atoms with Crippen molar-refractivity contribution in [2.45, 2.75) is 69.3 Å². The lowest BCUT2D eigenvalue weighted by Gasteiger charge is -2.33. The number of benzene rings is 2. The van der Waals surface area contributed by atoms with Crippen LogP contribution in [-0.2, 0) is 19.1 Å². The number of carboxylic acid groups (broad SMARTS) is 2. The number of aliphatic carboxylic acids is 2. The summed E-state index contributed by atoms with van der Waals surface area (Å²) < 4.78 is 11.8. The Labute approximate surface area is 204 Å². The summed E-state index contributed by atoms with van der Waals surface area (Å²) in [6, 6.07) is 13.9. The molecule has 3 rings (SSSR count). The van der Waals surface area contributed by atoms with Crippen molar-refractivity contribution in [1.29, 1.82) is 0 Å². The molecule has 0 aromatic heterocycles. The van der Waals surface area contributed by atoms with Crippen LogP contribution in [0.25, 0.3) is 10.8 Å². The van der Waals surface area contributed by atoms with E-state index in [9.17, 15) is 24.6 Å². The summed E-state index contributed by atoms with van der Waals surface area (Å²) in [6.07, 6.45) is 2.46. The van der Waals surface area contributed by atoms with E-state index in [-0.39, 0.29) is 12.0 Å². The van der Waals surface area contributed by atoms with E-state index in [1.165, 1.54) is 6.42 Å². The summed E-state index contributed by atoms with van der Waals surface area (Å²) >= 11 is 0. The fraction of sp³-hybridized carbons (Fsp3) is 0.500. The van der Waals surface area contributed by atoms with Crippen molar-refractivity contribution in [2.24, 2.45) is 5.92 Å². The first-order valence-corrected chi connectivity index (χ1v) is 11.9. The predicted octanol–water partition coefficient (Wildman–Crippen LogP) is 3.33. The van der Waals surface area contributed by atoms with Gasteiger partial charge >= 0.3 is 17.9 Å². The third-order valence-corrected chi connectivity index (χ3v) is 6.50.